The second kappa shape index (κ2) is 8.24. The van der Waals surface area contributed by atoms with Crippen LogP contribution in [0.3, 0.4) is 0 Å². The lowest BCUT2D eigenvalue weighted by atomic mass is 10.3. The molecule has 1 fully saturated rings. The molecule has 1 aliphatic heterocycles. The number of amides is 1. The van der Waals surface area contributed by atoms with Crippen molar-refractivity contribution < 1.29 is 4.79 Å². The lowest BCUT2D eigenvalue weighted by Crippen LogP contribution is -2.46. The number of hydrogen-bond donors (Lipinski definition) is 2. The average Bonchev–Trinajstić information content (AvgIpc) is 2.47. The molecule has 0 unspecified atom stereocenters. The predicted molar refractivity (Wildman–Crippen MR) is 83.2 cm³/mol. The molecular weight excluding hydrogens is 272 g/mol. The Morgan fingerprint density at radius 1 is 1.45 bits per heavy atom. The number of carbonyl (C=O) groups excluding carboxylic acids is 1. The monoisotopic (exact) mass is 294 g/mol. The average molecular weight is 294 g/mol. The molecule has 0 radical (unpaired) electrons. The van der Waals surface area contributed by atoms with Crippen molar-refractivity contribution in [2.45, 2.75) is 18.2 Å². The molecule has 2 heterocycles. The second-order valence-electron chi connectivity index (χ2n) is 4.80. The zero-order valence-corrected chi connectivity index (χ0v) is 12.7. The van der Waals surface area contributed by atoms with E-state index in [-0.39, 0.29) is 5.91 Å². The highest BCUT2D eigenvalue weighted by Crippen LogP contribution is 2.18. The van der Waals surface area contributed by atoms with Crippen molar-refractivity contribution >= 4 is 23.5 Å². The summed E-state index contributed by atoms with van der Waals surface area (Å²) in [4.78, 5) is 19.5. The van der Waals surface area contributed by atoms with Gasteiger partial charge in [0.2, 0.25) is 5.91 Å². The Kier molecular flexibility index (Phi) is 6.29. The summed E-state index contributed by atoms with van der Waals surface area (Å²) in [5, 5.41) is 6.12. The summed E-state index contributed by atoms with van der Waals surface area (Å²) in [5.74, 6) is 1.73. The van der Waals surface area contributed by atoms with Gasteiger partial charge in [-0.3, -0.25) is 9.69 Å². The molecule has 1 aliphatic rings. The van der Waals surface area contributed by atoms with Crippen molar-refractivity contribution in [3.05, 3.63) is 18.3 Å². The number of aromatic nitrogens is 1. The molecule has 0 aliphatic carbocycles. The third-order valence-electron chi connectivity index (χ3n) is 3.05. The number of thioether (sulfide) groups is 1. The van der Waals surface area contributed by atoms with Gasteiger partial charge in [0, 0.05) is 37.3 Å². The first kappa shape index (κ1) is 15.3. The van der Waals surface area contributed by atoms with Gasteiger partial charge in [0.25, 0.3) is 0 Å². The van der Waals surface area contributed by atoms with Crippen molar-refractivity contribution in [2.75, 3.05) is 43.8 Å². The zero-order chi connectivity index (χ0) is 14.2. The van der Waals surface area contributed by atoms with Crippen LogP contribution in [0, 0.1) is 0 Å². The third kappa shape index (κ3) is 5.11. The lowest BCUT2D eigenvalue weighted by molar-refractivity contribution is -0.117. The molecule has 1 saturated heterocycles. The van der Waals surface area contributed by atoms with E-state index in [9.17, 15) is 4.79 Å². The maximum atomic E-state index is 11.9. The summed E-state index contributed by atoms with van der Waals surface area (Å²) in [6.07, 6.45) is 2.97. The van der Waals surface area contributed by atoms with E-state index in [0.717, 1.165) is 43.2 Å². The van der Waals surface area contributed by atoms with Crippen molar-refractivity contribution in [1.82, 2.24) is 15.2 Å². The highest BCUT2D eigenvalue weighted by Gasteiger charge is 2.13. The van der Waals surface area contributed by atoms with E-state index in [1.165, 1.54) is 0 Å². The van der Waals surface area contributed by atoms with Crippen LogP contribution in [0.5, 0.6) is 0 Å². The Morgan fingerprint density at radius 2 is 2.25 bits per heavy atom. The van der Waals surface area contributed by atoms with Crippen LogP contribution < -0.4 is 10.6 Å². The summed E-state index contributed by atoms with van der Waals surface area (Å²) in [5.41, 5.74) is 0. The van der Waals surface area contributed by atoms with Crippen LogP contribution in [0.1, 0.15) is 13.3 Å². The molecule has 6 heteroatoms. The van der Waals surface area contributed by atoms with E-state index in [2.05, 4.69) is 27.4 Å². The summed E-state index contributed by atoms with van der Waals surface area (Å²) < 4.78 is 0. The first-order valence-corrected chi connectivity index (χ1v) is 8.08. The molecule has 0 saturated carbocycles. The van der Waals surface area contributed by atoms with Crippen LogP contribution in [0.15, 0.2) is 23.2 Å². The van der Waals surface area contributed by atoms with Gasteiger partial charge in [-0.1, -0.05) is 6.92 Å². The first-order valence-electron chi connectivity index (χ1n) is 7.09. The molecule has 1 aromatic rings. The minimum absolute atomic E-state index is 0.00774. The van der Waals surface area contributed by atoms with Gasteiger partial charge < -0.3 is 10.6 Å². The number of piperazine rings is 1. The summed E-state index contributed by atoms with van der Waals surface area (Å²) in [6, 6.07) is 3.88. The molecule has 1 aromatic heterocycles. The van der Waals surface area contributed by atoms with Gasteiger partial charge in [-0.25, -0.2) is 4.98 Å². The van der Waals surface area contributed by atoms with Crippen LogP contribution >= 0.6 is 11.8 Å². The van der Waals surface area contributed by atoms with Gasteiger partial charge >= 0.3 is 0 Å². The number of pyridine rings is 1. The predicted octanol–water partition coefficient (Wildman–Crippen LogP) is 1.43. The highest BCUT2D eigenvalue weighted by molar-refractivity contribution is 7.99. The van der Waals surface area contributed by atoms with E-state index in [1.54, 1.807) is 11.8 Å². The van der Waals surface area contributed by atoms with Crippen LogP contribution in [0.2, 0.25) is 0 Å². The van der Waals surface area contributed by atoms with Crippen molar-refractivity contribution in [2.24, 2.45) is 0 Å². The van der Waals surface area contributed by atoms with Gasteiger partial charge in [-0.2, -0.15) is 0 Å². The Balaban J connectivity index is 1.78. The second-order valence-corrected chi connectivity index (χ2v) is 5.97. The molecule has 1 amide bonds. The van der Waals surface area contributed by atoms with Gasteiger partial charge in [0.05, 0.1) is 6.54 Å². The van der Waals surface area contributed by atoms with Crippen LogP contribution in [0.4, 0.5) is 5.82 Å². The SMILES string of the molecule is CCCSc1ccc(NC(=O)CN2CCNCC2)nc1. The first-order chi connectivity index (χ1) is 9.78. The molecule has 0 bridgehead atoms. The number of rotatable bonds is 6. The Labute approximate surface area is 124 Å². The Hall–Kier alpha value is -1.11. The summed E-state index contributed by atoms with van der Waals surface area (Å²) >= 11 is 1.79. The van der Waals surface area contributed by atoms with E-state index >= 15 is 0 Å². The third-order valence-corrected chi connectivity index (χ3v) is 4.24. The summed E-state index contributed by atoms with van der Waals surface area (Å²) in [7, 11) is 0. The molecule has 110 valence electrons. The fourth-order valence-electron chi connectivity index (χ4n) is 2.01. The molecule has 0 aromatic carbocycles. The molecule has 5 nitrogen and oxygen atoms in total. The smallest absolute Gasteiger partial charge is 0.239 e. The topological polar surface area (TPSA) is 57.3 Å². The largest absolute Gasteiger partial charge is 0.314 e. The van der Waals surface area contributed by atoms with Crippen molar-refractivity contribution in [1.29, 1.82) is 0 Å². The fraction of sp³-hybridized carbons (Fsp3) is 0.571. The number of anilines is 1. The molecule has 0 atom stereocenters. The highest BCUT2D eigenvalue weighted by atomic mass is 32.2. The number of nitrogens with one attached hydrogen (secondary N) is 2. The Morgan fingerprint density at radius 3 is 2.90 bits per heavy atom. The quantitative estimate of drug-likeness (QED) is 0.777. The van der Waals surface area contributed by atoms with Gasteiger partial charge in [-0.15, -0.1) is 11.8 Å². The van der Waals surface area contributed by atoms with Gasteiger partial charge in [0.15, 0.2) is 0 Å². The van der Waals surface area contributed by atoms with Gasteiger partial charge in [0.1, 0.15) is 5.82 Å². The number of nitrogens with zero attached hydrogens (tertiary/aromatic N) is 2. The van der Waals surface area contributed by atoms with E-state index < -0.39 is 0 Å². The van der Waals surface area contributed by atoms with Crippen LogP contribution in [-0.2, 0) is 4.79 Å². The van der Waals surface area contributed by atoms with Crippen LogP contribution in [-0.4, -0.2) is 54.3 Å². The number of hydrogen-bond acceptors (Lipinski definition) is 5. The van der Waals surface area contributed by atoms with Crippen molar-refractivity contribution in [3.63, 3.8) is 0 Å². The molecule has 2 rings (SSSR count). The van der Waals surface area contributed by atoms with Gasteiger partial charge in [-0.05, 0) is 24.3 Å². The summed E-state index contributed by atoms with van der Waals surface area (Å²) in [6.45, 7) is 6.35. The number of carbonyl (C=O) groups is 1. The standard InChI is InChI=1S/C14H22N4OS/c1-2-9-20-12-3-4-13(16-10-12)17-14(19)11-18-7-5-15-6-8-18/h3-4,10,15H,2,5-9,11H2,1H3,(H,16,17,19). The normalized spacial score (nSPS) is 16.1. The lowest BCUT2D eigenvalue weighted by Gasteiger charge is -2.26. The van der Waals surface area contributed by atoms with E-state index in [1.807, 2.05) is 18.3 Å². The maximum absolute atomic E-state index is 11.9. The van der Waals surface area contributed by atoms with E-state index in [0.29, 0.717) is 12.4 Å². The Bertz CT molecular complexity index is 418. The van der Waals surface area contributed by atoms with Crippen LogP contribution in [0.25, 0.3) is 0 Å². The minimum atomic E-state index is 0.00774. The fourth-order valence-corrected chi connectivity index (χ4v) is 2.75. The molecule has 2 N–H and O–H groups in total. The molecular formula is C14H22N4OS. The molecule has 0 spiro atoms. The molecule has 20 heavy (non-hydrogen) atoms. The van der Waals surface area contributed by atoms with Crippen molar-refractivity contribution in [3.8, 4) is 0 Å². The minimum Gasteiger partial charge on any atom is -0.314 e. The van der Waals surface area contributed by atoms with E-state index in [4.69, 9.17) is 0 Å². The zero-order valence-electron chi connectivity index (χ0n) is 11.9. The maximum Gasteiger partial charge on any atom is 0.239 e.